The molecule has 0 atom stereocenters. The van der Waals surface area contributed by atoms with Gasteiger partial charge in [-0.1, -0.05) is 17.8 Å². The molecule has 2 aromatic rings. The van der Waals surface area contributed by atoms with Crippen LogP contribution in [0.25, 0.3) is 0 Å². The molecule has 166 valence electrons. The summed E-state index contributed by atoms with van der Waals surface area (Å²) in [6.45, 7) is 5.04. The lowest BCUT2D eigenvalue weighted by atomic mass is 10.2. The van der Waals surface area contributed by atoms with Gasteiger partial charge >= 0.3 is 5.69 Å². The Morgan fingerprint density at radius 3 is 2.87 bits per heavy atom. The van der Waals surface area contributed by atoms with Crippen LogP contribution < -0.4 is 11.0 Å². The molecule has 2 heterocycles. The molecule has 0 saturated carbocycles. The Kier molecular flexibility index (Phi) is 7.37. The number of aromatic nitrogens is 2. The number of hydrogen-bond acceptors (Lipinski definition) is 6. The van der Waals surface area contributed by atoms with Crippen molar-refractivity contribution in [3.05, 3.63) is 51.8 Å². The Hall–Kier alpha value is -2.23. The molecule has 1 fully saturated rings. The quantitative estimate of drug-likeness (QED) is 0.496. The van der Waals surface area contributed by atoms with Crippen LogP contribution in [0.4, 0.5) is 10.1 Å². The maximum atomic E-state index is 13.3. The molecule has 1 aromatic carbocycles. The van der Waals surface area contributed by atoms with Gasteiger partial charge in [0.1, 0.15) is 10.8 Å². The fourth-order valence-electron chi connectivity index (χ4n) is 4.11. The number of nitrogens with one attached hydrogen (secondary N) is 1. The smallest absolute Gasteiger partial charge is 0.348 e. The fourth-order valence-corrected chi connectivity index (χ4v) is 4.99. The average Bonchev–Trinajstić information content (AvgIpc) is 3.25. The molecule has 1 N–H and O–H groups in total. The summed E-state index contributed by atoms with van der Waals surface area (Å²) >= 11 is 1.27. The van der Waals surface area contributed by atoms with Gasteiger partial charge in [-0.2, -0.15) is 4.98 Å². The highest BCUT2D eigenvalue weighted by Gasteiger charge is 2.22. The highest BCUT2D eigenvalue weighted by molar-refractivity contribution is 8.00. The first-order valence-electron chi connectivity index (χ1n) is 10.7. The molecule has 0 radical (unpaired) electrons. The van der Waals surface area contributed by atoms with E-state index in [0.29, 0.717) is 17.3 Å². The minimum absolute atomic E-state index is 0.121. The van der Waals surface area contributed by atoms with E-state index < -0.39 is 5.82 Å². The second-order valence-corrected chi connectivity index (χ2v) is 8.75. The zero-order valence-electron chi connectivity index (χ0n) is 17.4. The SMILES string of the molecule is O=C(CSc1nc(=O)n(CCCN2CCOCC2)c2c1CCC2)Nc1cccc(F)c1. The summed E-state index contributed by atoms with van der Waals surface area (Å²) in [6, 6.07) is 5.79. The van der Waals surface area contributed by atoms with Crippen LogP contribution in [0, 0.1) is 5.82 Å². The zero-order chi connectivity index (χ0) is 21.6. The second kappa shape index (κ2) is 10.4. The predicted octanol–water partition coefficient (Wildman–Crippen LogP) is 2.32. The lowest BCUT2D eigenvalue weighted by Crippen LogP contribution is -2.37. The predicted molar refractivity (Wildman–Crippen MR) is 118 cm³/mol. The van der Waals surface area contributed by atoms with E-state index in [1.165, 1.54) is 23.9 Å². The minimum atomic E-state index is -0.401. The molecule has 0 unspecified atom stereocenters. The number of carbonyl (C=O) groups is 1. The number of amides is 1. The van der Waals surface area contributed by atoms with Crippen LogP contribution in [-0.4, -0.2) is 59.0 Å². The number of hydrogen-bond donors (Lipinski definition) is 1. The number of fused-ring (bicyclic) bond motifs is 1. The Labute approximate surface area is 185 Å². The van der Waals surface area contributed by atoms with Crippen LogP contribution in [0.3, 0.4) is 0 Å². The first-order valence-corrected chi connectivity index (χ1v) is 11.7. The van der Waals surface area contributed by atoms with Crippen molar-refractivity contribution in [2.45, 2.75) is 37.3 Å². The molecule has 1 aliphatic carbocycles. The van der Waals surface area contributed by atoms with E-state index in [4.69, 9.17) is 4.74 Å². The summed E-state index contributed by atoms with van der Waals surface area (Å²) in [5.41, 5.74) is 2.33. The maximum Gasteiger partial charge on any atom is 0.348 e. The molecule has 31 heavy (non-hydrogen) atoms. The molecule has 0 bridgehead atoms. The largest absolute Gasteiger partial charge is 0.379 e. The summed E-state index contributed by atoms with van der Waals surface area (Å²) in [4.78, 5) is 31.6. The first kappa shape index (κ1) is 22.0. The van der Waals surface area contributed by atoms with Crippen molar-refractivity contribution in [1.29, 1.82) is 0 Å². The van der Waals surface area contributed by atoms with Crippen molar-refractivity contribution in [3.8, 4) is 0 Å². The van der Waals surface area contributed by atoms with Gasteiger partial charge in [0.15, 0.2) is 0 Å². The number of benzene rings is 1. The molecule has 1 saturated heterocycles. The van der Waals surface area contributed by atoms with Crippen LogP contribution in [0.15, 0.2) is 34.1 Å². The monoisotopic (exact) mass is 446 g/mol. The minimum Gasteiger partial charge on any atom is -0.379 e. The highest BCUT2D eigenvalue weighted by Crippen LogP contribution is 2.29. The molecule has 1 amide bonds. The summed E-state index contributed by atoms with van der Waals surface area (Å²) in [5.74, 6) is -0.530. The van der Waals surface area contributed by atoms with E-state index in [-0.39, 0.29) is 17.3 Å². The van der Waals surface area contributed by atoms with Gasteiger partial charge in [-0.15, -0.1) is 0 Å². The van der Waals surface area contributed by atoms with E-state index in [1.807, 2.05) is 4.57 Å². The Morgan fingerprint density at radius 1 is 1.23 bits per heavy atom. The summed E-state index contributed by atoms with van der Waals surface area (Å²) in [5, 5.41) is 3.33. The molecule has 1 aromatic heterocycles. The first-order chi connectivity index (χ1) is 15.1. The third kappa shape index (κ3) is 5.72. The molecule has 0 spiro atoms. The molecule has 1 aliphatic heterocycles. The van der Waals surface area contributed by atoms with Gasteiger partial charge in [0.2, 0.25) is 5.91 Å². The third-order valence-corrected chi connectivity index (χ3v) is 6.63. The van der Waals surface area contributed by atoms with Crippen molar-refractivity contribution in [2.24, 2.45) is 0 Å². The van der Waals surface area contributed by atoms with E-state index in [0.717, 1.165) is 69.8 Å². The Bertz CT molecular complexity index is 991. The number of ether oxygens (including phenoxy) is 1. The molecular formula is C22H27FN4O3S. The average molecular weight is 447 g/mol. The van der Waals surface area contributed by atoms with Gasteiger partial charge in [0.05, 0.1) is 19.0 Å². The van der Waals surface area contributed by atoms with Crippen molar-refractivity contribution in [2.75, 3.05) is 43.9 Å². The van der Waals surface area contributed by atoms with Gasteiger partial charge in [0, 0.05) is 43.1 Å². The Morgan fingerprint density at radius 2 is 2.06 bits per heavy atom. The summed E-state index contributed by atoms with van der Waals surface area (Å²) in [6.07, 6.45) is 3.64. The van der Waals surface area contributed by atoms with Gasteiger partial charge in [0.25, 0.3) is 0 Å². The van der Waals surface area contributed by atoms with Crippen LogP contribution >= 0.6 is 11.8 Å². The molecule has 7 nitrogen and oxygen atoms in total. The van der Waals surface area contributed by atoms with Gasteiger partial charge < -0.3 is 10.1 Å². The van der Waals surface area contributed by atoms with Crippen LogP contribution in [-0.2, 0) is 28.9 Å². The lowest BCUT2D eigenvalue weighted by Gasteiger charge is -2.26. The number of halogens is 1. The number of carbonyl (C=O) groups excluding carboxylic acids is 1. The molecule has 4 rings (SSSR count). The summed E-state index contributed by atoms with van der Waals surface area (Å²) < 4.78 is 20.5. The number of thioether (sulfide) groups is 1. The standard InChI is InChI=1S/C22H27FN4O3S/c23-16-4-1-5-17(14-16)24-20(28)15-31-21-18-6-2-7-19(18)27(22(29)25-21)9-3-8-26-10-12-30-13-11-26/h1,4-5,14H,2-3,6-13,15H2,(H,24,28). The normalized spacial score (nSPS) is 16.3. The van der Waals surface area contributed by atoms with Crippen LogP contribution in [0.2, 0.25) is 0 Å². The summed E-state index contributed by atoms with van der Waals surface area (Å²) in [7, 11) is 0. The number of anilines is 1. The van der Waals surface area contributed by atoms with Gasteiger partial charge in [-0.05, 0) is 43.9 Å². The van der Waals surface area contributed by atoms with Crippen molar-refractivity contribution in [1.82, 2.24) is 14.5 Å². The van der Waals surface area contributed by atoms with E-state index >= 15 is 0 Å². The van der Waals surface area contributed by atoms with E-state index in [2.05, 4.69) is 15.2 Å². The second-order valence-electron chi connectivity index (χ2n) is 7.78. The van der Waals surface area contributed by atoms with E-state index in [1.54, 1.807) is 12.1 Å². The fraction of sp³-hybridized carbons (Fsp3) is 0.500. The number of rotatable bonds is 8. The molecular weight excluding hydrogens is 419 g/mol. The van der Waals surface area contributed by atoms with Crippen LogP contribution in [0.1, 0.15) is 24.1 Å². The topological polar surface area (TPSA) is 76.5 Å². The van der Waals surface area contributed by atoms with Gasteiger partial charge in [-0.25, -0.2) is 9.18 Å². The third-order valence-electron chi connectivity index (χ3n) is 5.61. The van der Waals surface area contributed by atoms with Crippen molar-refractivity contribution < 1.29 is 13.9 Å². The highest BCUT2D eigenvalue weighted by atomic mass is 32.2. The molecule has 9 heteroatoms. The number of nitrogens with zero attached hydrogens (tertiary/aromatic N) is 3. The molecule has 2 aliphatic rings. The maximum absolute atomic E-state index is 13.3. The van der Waals surface area contributed by atoms with Crippen LogP contribution in [0.5, 0.6) is 0 Å². The lowest BCUT2D eigenvalue weighted by molar-refractivity contribution is -0.113. The Balaban J connectivity index is 1.37. The van der Waals surface area contributed by atoms with Gasteiger partial charge in [-0.3, -0.25) is 14.3 Å². The van der Waals surface area contributed by atoms with E-state index in [9.17, 15) is 14.0 Å². The van der Waals surface area contributed by atoms with Crippen molar-refractivity contribution in [3.63, 3.8) is 0 Å². The zero-order valence-corrected chi connectivity index (χ0v) is 18.3. The van der Waals surface area contributed by atoms with Crippen molar-refractivity contribution >= 4 is 23.4 Å². The number of morpholine rings is 1.